The van der Waals surface area contributed by atoms with E-state index in [1.807, 2.05) is 19.4 Å². The van der Waals surface area contributed by atoms with E-state index in [0.717, 1.165) is 19.5 Å². The van der Waals surface area contributed by atoms with Crippen molar-refractivity contribution in [3.05, 3.63) is 18.0 Å². The molecule has 5 nitrogen and oxygen atoms in total. The Labute approximate surface area is 96.8 Å². The number of sulfone groups is 1. The molecule has 0 aromatic carbocycles. The van der Waals surface area contributed by atoms with Gasteiger partial charge in [-0.15, -0.1) is 0 Å². The van der Waals surface area contributed by atoms with Gasteiger partial charge in [-0.25, -0.2) is 8.42 Å². The standard InChI is InChI=1S/C10H19N3O2S/c1-13-9-10(8-12-13)4-6-11-5-3-7-16(2,14)15/h8-9,11H,3-7H2,1-2H3. The molecule has 1 aromatic rings. The lowest BCUT2D eigenvalue weighted by Gasteiger charge is -2.02. The Kier molecular flexibility index (Phi) is 4.95. The van der Waals surface area contributed by atoms with Crippen molar-refractivity contribution in [3.63, 3.8) is 0 Å². The second kappa shape index (κ2) is 6.00. The van der Waals surface area contributed by atoms with E-state index < -0.39 is 9.84 Å². The molecule has 0 spiro atoms. The topological polar surface area (TPSA) is 64.0 Å². The number of rotatable bonds is 7. The minimum atomic E-state index is -2.81. The average molecular weight is 245 g/mol. The van der Waals surface area contributed by atoms with Gasteiger partial charge in [0.1, 0.15) is 9.84 Å². The van der Waals surface area contributed by atoms with Crippen LogP contribution < -0.4 is 5.32 Å². The molecule has 0 saturated carbocycles. The molecule has 0 aliphatic rings. The summed E-state index contributed by atoms with van der Waals surface area (Å²) in [5.74, 6) is 0.257. The van der Waals surface area contributed by atoms with Crippen LogP contribution in [0, 0.1) is 0 Å². The largest absolute Gasteiger partial charge is 0.316 e. The van der Waals surface area contributed by atoms with Crippen LogP contribution in [0.3, 0.4) is 0 Å². The van der Waals surface area contributed by atoms with Crippen LogP contribution in [0.4, 0.5) is 0 Å². The summed E-state index contributed by atoms with van der Waals surface area (Å²) < 4.78 is 23.5. The maximum absolute atomic E-state index is 10.8. The molecule has 16 heavy (non-hydrogen) atoms. The van der Waals surface area contributed by atoms with Crippen molar-refractivity contribution in [2.24, 2.45) is 7.05 Å². The Balaban J connectivity index is 2.04. The molecule has 92 valence electrons. The van der Waals surface area contributed by atoms with E-state index in [0.29, 0.717) is 6.42 Å². The monoisotopic (exact) mass is 245 g/mol. The van der Waals surface area contributed by atoms with Crippen LogP contribution in [-0.4, -0.2) is 43.3 Å². The molecule has 0 amide bonds. The predicted octanol–water partition coefficient (Wildman–Crippen LogP) is -0.0131. The second-order valence-corrected chi connectivity index (χ2v) is 6.27. The number of hydrogen-bond acceptors (Lipinski definition) is 4. The Bertz CT molecular complexity index is 411. The fourth-order valence-corrected chi connectivity index (χ4v) is 2.09. The highest BCUT2D eigenvalue weighted by molar-refractivity contribution is 7.90. The summed E-state index contributed by atoms with van der Waals surface area (Å²) in [7, 11) is -0.922. The van der Waals surface area contributed by atoms with Gasteiger partial charge in [0.05, 0.1) is 11.9 Å². The van der Waals surface area contributed by atoms with Crippen LogP contribution >= 0.6 is 0 Å². The summed E-state index contributed by atoms with van der Waals surface area (Å²) in [5.41, 5.74) is 1.19. The van der Waals surface area contributed by atoms with Gasteiger partial charge in [-0.05, 0) is 31.5 Å². The fraction of sp³-hybridized carbons (Fsp3) is 0.700. The van der Waals surface area contributed by atoms with Crippen molar-refractivity contribution >= 4 is 9.84 Å². The predicted molar refractivity (Wildman–Crippen MR) is 64.1 cm³/mol. The molecule has 0 aliphatic carbocycles. The van der Waals surface area contributed by atoms with Gasteiger partial charge < -0.3 is 5.32 Å². The summed E-state index contributed by atoms with van der Waals surface area (Å²) in [6.07, 6.45) is 6.69. The van der Waals surface area contributed by atoms with Gasteiger partial charge in [0.2, 0.25) is 0 Å². The highest BCUT2D eigenvalue weighted by Crippen LogP contribution is 1.96. The van der Waals surface area contributed by atoms with E-state index in [4.69, 9.17) is 0 Å². The summed E-state index contributed by atoms with van der Waals surface area (Å²) in [6.45, 7) is 1.60. The molecule has 1 heterocycles. The van der Waals surface area contributed by atoms with Crippen LogP contribution in [0.1, 0.15) is 12.0 Å². The molecule has 0 saturated heterocycles. The second-order valence-electron chi connectivity index (χ2n) is 4.01. The smallest absolute Gasteiger partial charge is 0.147 e. The number of nitrogens with one attached hydrogen (secondary N) is 1. The van der Waals surface area contributed by atoms with Crippen molar-refractivity contribution in [2.45, 2.75) is 12.8 Å². The van der Waals surface area contributed by atoms with Crippen molar-refractivity contribution in [3.8, 4) is 0 Å². The van der Waals surface area contributed by atoms with Gasteiger partial charge in [0, 0.05) is 19.5 Å². The van der Waals surface area contributed by atoms with Crippen LogP contribution in [0.5, 0.6) is 0 Å². The third-order valence-corrected chi connectivity index (χ3v) is 3.25. The van der Waals surface area contributed by atoms with E-state index in [-0.39, 0.29) is 5.75 Å². The summed E-state index contributed by atoms with van der Waals surface area (Å²) in [6, 6.07) is 0. The van der Waals surface area contributed by atoms with Gasteiger partial charge in [0.15, 0.2) is 0 Å². The molecular formula is C10H19N3O2S. The van der Waals surface area contributed by atoms with Gasteiger partial charge in [0.25, 0.3) is 0 Å². The molecule has 1 rings (SSSR count). The van der Waals surface area contributed by atoms with Gasteiger partial charge in [-0.1, -0.05) is 0 Å². The molecule has 0 unspecified atom stereocenters. The molecule has 6 heteroatoms. The van der Waals surface area contributed by atoms with Crippen molar-refractivity contribution in [2.75, 3.05) is 25.1 Å². The summed E-state index contributed by atoms with van der Waals surface area (Å²) in [4.78, 5) is 0. The lowest BCUT2D eigenvalue weighted by Crippen LogP contribution is -2.20. The molecule has 1 aromatic heterocycles. The Morgan fingerprint density at radius 2 is 2.19 bits per heavy atom. The Hall–Kier alpha value is -0.880. The van der Waals surface area contributed by atoms with E-state index >= 15 is 0 Å². The van der Waals surface area contributed by atoms with Gasteiger partial charge in [-0.3, -0.25) is 4.68 Å². The van der Waals surface area contributed by atoms with Crippen molar-refractivity contribution in [1.82, 2.24) is 15.1 Å². The highest BCUT2D eigenvalue weighted by Gasteiger charge is 2.00. The van der Waals surface area contributed by atoms with Crippen molar-refractivity contribution < 1.29 is 8.42 Å². The number of aryl methyl sites for hydroxylation is 1. The quantitative estimate of drug-likeness (QED) is 0.686. The Morgan fingerprint density at radius 1 is 1.44 bits per heavy atom. The fourth-order valence-electron chi connectivity index (χ4n) is 1.42. The van der Waals surface area contributed by atoms with E-state index in [9.17, 15) is 8.42 Å². The minimum absolute atomic E-state index is 0.257. The minimum Gasteiger partial charge on any atom is -0.316 e. The normalized spacial score (nSPS) is 11.9. The summed E-state index contributed by atoms with van der Waals surface area (Å²) >= 11 is 0. The first kappa shape index (κ1) is 13.2. The maximum atomic E-state index is 10.8. The van der Waals surface area contributed by atoms with Crippen LogP contribution in [0.25, 0.3) is 0 Å². The zero-order chi connectivity index (χ0) is 12.0. The zero-order valence-electron chi connectivity index (χ0n) is 9.81. The molecule has 0 atom stereocenters. The van der Waals surface area contributed by atoms with Crippen LogP contribution in [0.15, 0.2) is 12.4 Å². The van der Waals surface area contributed by atoms with Crippen LogP contribution in [-0.2, 0) is 23.3 Å². The first-order chi connectivity index (χ1) is 7.47. The third-order valence-electron chi connectivity index (χ3n) is 2.22. The zero-order valence-corrected chi connectivity index (χ0v) is 10.6. The number of nitrogens with zero attached hydrogens (tertiary/aromatic N) is 2. The average Bonchev–Trinajstić information content (AvgIpc) is 2.56. The van der Waals surface area contributed by atoms with E-state index in [1.165, 1.54) is 11.8 Å². The molecular weight excluding hydrogens is 226 g/mol. The Morgan fingerprint density at radius 3 is 2.75 bits per heavy atom. The van der Waals surface area contributed by atoms with Gasteiger partial charge >= 0.3 is 0 Å². The maximum Gasteiger partial charge on any atom is 0.147 e. The molecule has 0 aliphatic heterocycles. The van der Waals surface area contributed by atoms with Gasteiger partial charge in [-0.2, -0.15) is 5.10 Å². The first-order valence-electron chi connectivity index (χ1n) is 5.33. The molecule has 0 fully saturated rings. The summed E-state index contributed by atoms with van der Waals surface area (Å²) in [5, 5.41) is 7.29. The lowest BCUT2D eigenvalue weighted by molar-refractivity contribution is 0.594. The van der Waals surface area contributed by atoms with E-state index in [1.54, 1.807) is 4.68 Å². The van der Waals surface area contributed by atoms with Crippen LogP contribution in [0.2, 0.25) is 0 Å². The molecule has 0 radical (unpaired) electrons. The lowest BCUT2D eigenvalue weighted by atomic mass is 10.2. The van der Waals surface area contributed by atoms with E-state index in [2.05, 4.69) is 10.4 Å². The highest BCUT2D eigenvalue weighted by atomic mass is 32.2. The molecule has 0 bridgehead atoms. The van der Waals surface area contributed by atoms with Crippen molar-refractivity contribution in [1.29, 1.82) is 0 Å². The third kappa shape index (κ3) is 5.87. The number of hydrogen-bond donors (Lipinski definition) is 1. The SMILES string of the molecule is Cn1cc(CCNCCCS(C)(=O)=O)cn1. The molecule has 1 N–H and O–H groups in total. The number of aromatic nitrogens is 2. The first-order valence-corrected chi connectivity index (χ1v) is 7.39.